The molecular formula is C27H30N4O5. The van der Waals surface area contributed by atoms with Crippen LogP contribution in [0.15, 0.2) is 35.1 Å². The first-order chi connectivity index (χ1) is 17.2. The summed E-state index contributed by atoms with van der Waals surface area (Å²) in [6.45, 7) is 5.66. The number of fused-ring (bicyclic) bond motifs is 2. The number of hydrogen-bond acceptors (Lipinski definition) is 6. The van der Waals surface area contributed by atoms with Crippen molar-refractivity contribution in [1.82, 2.24) is 14.9 Å². The van der Waals surface area contributed by atoms with Crippen LogP contribution in [-0.2, 0) is 27.3 Å². The molecular weight excluding hydrogens is 460 g/mol. The van der Waals surface area contributed by atoms with Gasteiger partial charge >= 0.3 is 5.97 Å². The maximum atomic E-state index is 12.8. The normalized spacial score (nSPS) is 13.0. The SMILES string of the molecule is Cc1cc(C)c(NC(=O)CNC(=O)COC(=O)c2ccc3c(=O)n4c(nc3c2)CCCCC4)c(C)c1. The van der Waals surface area contributed by atoms with Gasteiger partial charge in [-0.1, -0.05) is 24.1 Å². The first-order valence-corrected chi connectivity index (χ1v) is 12.1. The standard InChI is InChI=1S/C27H30N4O5/c1-16-11-17(2)25(18(3)12-16)30-23(32)14-28-24(33)15-36-27(35)19-8-9-20-21(13-19)29-22-7-5-4-6-10-31(22)26(20)34/h8-9,11-13H,4-7,10,14-15H2,1-3H3,(H,28,33)(H,30,32). The van der Waals surface area contributed by atoms with Gasteiger partial charge in [-0.25, -0.2) is 9.78 Å². The van der Waals surface area contributed by atoms with Gasteiger partial charge in [0.25, 0.3) is 11.5 Å². The smallest absolute Gasteiger partial charge is 0.338 e. The molecule has 0 spiro atoms. The summed E-state index contributed by atoms with van der Waals surface area (Å²) in [5.41, 5.74) is 4.21. The van der Waals surface area contributed by atoms with Crippen molar-refractivity contribution < 1.29 is 19.1 Å². The largest absolute Gasteiger partial charge is 0.452 e. The second-order valence-electron chi connectivity index (χ2n) is 9.20. The third-order valence-electron chi connectivity index (χ3n) is 6.27. The maximum absolute atomic E-state index is 12.8. The minimum absolute atomic E-state index is 0.106. The van der Waals surface area contributed by atoms with Crippen molar-refractivity contribution in [2.75, 3.05) is 18.5 Å². The van der Waals surface area contributed by atoms with Crippen molar-refractivity contribution in [2.24, 2.45) is 0 Å². The highest BCUT2D eigenvalue weighted by molar-refractivity contribution is 5.97. The molecule has 0 saturated carbocycles. The predicted molar refractivity (Wildman–Crippen MR) is 136 cm³/mol. The molecule has 9 nitrogen and oxygen atoms in total. The van der Waals surface area contributed by atoms with Gasteiger partial charge in [0.05, 0.1) is 23.0 Å². The summed E-state index contributed by atoms with van der Waals surface area (Å²) in [5, 5.41) is 5.70. The van der Waals surface area contributed by atoms with Crippen molar-refractivity contribution >= 4 is 34.4 Å². The fourth-order valence-corrected chi connectivity index (χ4v) is 4.55. The van der Waals surface area contributed by atoms with Gasteiger partial charge in [0.15, 0.2) is 6.61 Å². The lowest BCUT2D eigenvalue weighted by Gasteiger charge is -2.13. The third kappa shape index (κ3) is 5.62. The highest BCUT2D eigenvalue weighted by Crippen LogP contribution is 2.21. The van der Waals surface area contributed by atoms with E-state index in [1.165, 1.54) is 12.1 Å². The number of amides is 2. The van der Waals surface area contributed by atoms with Crippen LogP contribution in [0.3, 0.4) is 0 Å². The van der Waals surface area contributed by atoms with Crippen LogP contribution in [0.4, 0.5) is 5.69 Å². The molecule has 4 rings (SSSR count). The van der Waals surface area contributed by atoms with Crippen LogP contribution >= 0.6 is 0 Å². The monoisotopic (exact) mass is 490 g/mol. The summed E-state index contributed by atoms with van der Waals surface area (Å²) in [6.07, 6.45) is 3.68. The maximum Gasteiger partial charge on any atom is 0.338 e. The minimum atomic E-state index is -0.709. The molecule has 188 valence electrons. The van der Waals surface area contributed by atoms with Crippen molar-refractivity contribution in [2.45, 2.75) is 53.0 Å². The molecule has 0 aliphatic carbocycles. The molecule has 9 heteroatoms. The van der Waals surface area contributed by atoms with Gasteiger partial charge in [-0.05, 0) is 62.9 Å². The van der Waals surface area contributed by atoms with Gasteiger partial charge in [-0.3, -0.25) is 19.0 Å². The van der Waals surface area contributed by atoms with Crippen LogP contribution in [0.1, 0.15) is 52.1 Å². The highest BCUT2D eigenvalue weighted by Gasteiger charge is 2.17. The number of aryl methyl sites for hydroxylation is 4. The molecule has 1 aliphatic heterocycles. The zero-order valence-corrected chi connectivity index (χ0v) is 20.8. The summed E-state index contributed by atoms with van der Waals surface area (Å²) in [4.78, 5) is 54.4. The highest BCUT2D eigenvalue weighted by atomic mass is 16.5. The summed E-state index contributed by atoms with van der Waals surface area (Å²) in [7, 11) is 0. The number of aromatic nitrogens is 2. The molecule has 2 heterocycles. The number of hydrogen-bond donors (Lipinski definition) is 2. The van der Waals surface area contributed by atoms with Crippen molar-refractivity contribution in [3.63, 3.8) is 0 Å². The van der Waals surface area contributed by atoms with E-state index in [0.717, 1.165) is 48.2 Å². The van der Waals surface area contributed by atoms with Gasteiger partial charge in [0.2, 0.25) is 5.91 Å². The van der Waals surface area contributed by atoms with Gasteiger partial charge in [0.1, 0.15) is 5.82 Å². The Morgan fingerprint density at radius 2 is 1.75 bits per heavy atom. The van der Waals surface area contributed by atoms with Crippen LogP contribution in [0.5, 0.6) is 0 Å². The molecule has 2 aromatic carbocycles. The van der Waals surface area contributed by atoms with E-state index >= 15 is 0 Å². The lowest BCUT2D eigenvalue weighted by molar-refractivity contribution is -0.126. The van der Waals surface area contributed by atoms with Crippen LogP contribution in [0.25, 0.3) is 10.9 Å². The average Bonchev–Trinajstić information content (AvgIpc) is 3.09. The molecule has 1 aliphatic rings. The number of rotatable bonds is 6. The first-order valence-electron chi connectivity index (χ1n) is 12.1. The van der Waals surface area contributed by atoms with E-state index in [1.807, 2.05) is 32.9 Å². The van der Waals surface area contributed by atoms with E-state index < -0.39 is 18.5 Å². The minimum Gasteiger partial charge on any atom is -0.452 e. The van der Waals surface area contributed by atoms with Gasteiger partial charge in [-0.15, -0.1) is 0 Å². The molecule has 0 bridgehead atoms. The Morgan fingerprint density at radius 3 is 2.50 bits per heavy atom. The number of nitrogens with one attached hydrogen (secondary N) is 2. The van der Waals surface area contributed by atoms with Crippen molar-refractivity contribution in [3.05, 3.63) is 68.8 Å². The molecule has 0 saturated heterocycles. The number of nitrogens with zero attached hydrogens (tertiary/aromatic N) is 2. The molecule has 2 N–H and O–H groups in total. The Kier molecular flexibility index (Phi) is 7.47. The van der Waals surface area contributed by atoms with Crippen LogP contribution in [-0.4, -0.2) is 40.5 Å². The van der Waals surface area contributed by atoms with E-state index in [-0.39, 0.29) is 23.6 Å². The number of carbonyl (C=O) groups excluding carboxylic acids is 3. The number of anilines is 1. The molecule has 2 amide bonds. The van der Waals surface area contributed by atoms with Gasteiger partial charge in [0, 0.05) is 18.7 Å². The Morgan fingerprint density at radius 1 is 1.00 bits per heavy atom. The summed E-state index contributed by atoms with van der Waals surface area (Å²) < 4.78 is 6.83. The lowest BCUT2D eigenvalue weighted by atomic mass is 10.1. The second-order valence-corrected chi connectivity index (χ2v) is 9.20. The van der Waals surface area contributed by atoms with E-state index in [9.17, 15) is 19.2 Å². The molecule has 0 atom stereocenters. The van der Waals surface area contributed by atoms with E-state index in [4.69, 9.17) is 4.74 Å². The zero-order chi connectivity index (χ0) is 25.8. The molecule has 0 fully saturated rings. The molecule has 36 heavy (non-hydrogen) atoms. The Balaban J connectivity index is 1.33. The van der Waals surface area contributed by atoms with Crippen LogP contribution in [0, 0.1) is 20.8 Å². The quantitative estimate of drug-likeness (QED) is 0.513. The summed E-state index contributed by atoms with van der Waals surface area (Å²) in [5.74, 6) is -0.961. The number of esters is 1. The zero-order valence-electron chi connectivity index (χ0n) is 20.8. The van der Waals surface area contributed by atoms with Gasteiger partial charge < -0.3 is 15.4 Å². The molecule has 0 unspecified atom stereocenters. The van der Waals surface area contributed by atoms with Crippen LogP contribution < -0.4 is 16.2 Å². The molecule has 3 aromatic rings. The summed E-state index contributed by atoms with van der Waals surface area (Å²) in [6, 6.07) is 8.52. The number of ether oxygens (including phenoxy) is 1. The average molecular weight is 491 g/mol. The Bertz CT molecular complexity index is 1390. The first kappa shape index (κ1) is 25.1. The Labute approximate surface area is 208 Å². The number of carbonyl (C=O) groups is 3. The summed E-state index contributed by atoms with van der Waals surface area (Å²) >= 11 is 0. The fourth-order valence-electron chi connectivity index (χ4n) is 4.55. The van der Waals surface area contributed by atoms with E-state index in [1.54, 1.807) is 10.6 Å². The lowest BCUT2D eigenvalue weighted by Crippen LogP contribution is -2.35. The fraction of sp³-hybridized carbons (Fsp3) is 0.370. The van der Waals surface area contributed by atoms with Crippen molar-refractivity contribution in [3.8, 4) is 0 Å². The topological polar surface area (TPSA) is 119 Å². The van der Waals surface area contributed by atoms with E-state index in [2.05, 4.69) is 15.6 Å². The van der Waals surface area contributed by atoms with Crippen LogP contribution in [0.2, 0.25) is 0 Å². The third-order valence-corrected chi connectivity index (χ3v) is 6.27. The predicted octanol–water partition coefficient (Wildman–Crippen LogP) is 2.96. The Hall–Kier alpha value is -4.01. The molecule has 0 radical (unpaired) electrons. The second kappa shape index (κ2) is 10.7. The molecule has 1 aromatic heterocycles. The van der Waals surface area contributed by atoms with E-state index in [0.29, 0.717) is 23.1 Å². The van der Waals surface area contributed by atoms with Gasteiger partial charge in [-0.2, -0.15) is 0 Å². The van der Waals surface area contributed by atoms with Crippen molar-refractivity contribution in [1.29, 1.82) is 0 Å². The number of benzene rings is 2.